The smallest absolute Gasteiger partial charge is 0.292 e. The molecule has 0 aliphatic rings. The van der Waals surface area contributed by atoms with Gasteiger partial charge in [-0.3, -0.25) is 9.59 Å². The number of ether oxygens (including phenoxy) is 1. The maximum Gasteiger partial charge on any atom is 0.292 e. The average molecular weight is 366 g/mol. The van der Waals surface area contributed by atoms with E-state index in [2.05, 4.69) is 15.6 Å². The van der Waals surface area contributed by atoms with Gasteiger partial charge < -0.3 is 9.84 Å². The Labute approximate surface area is 154 Å². The van der Waals surface area contributed by atoms with Crippen LogP contribution in [-0.4, -0.2) is 34.1 Å². The third-order valence-corrected chi connectivity index (χ3v) is 3.96. The van der Waals surface area contributed by atoms with Crippen molar-refractivity contribution in [3.8, 4) is 11.5 Å². The molecule has 2 N–H and O–H groups in total. The van der Waals surface area contributed by atoms with Crippen LogP contribution in [0.4, 0.5) is 0 Å². The maximum absolute atomic E-state index is 12.5. The topological polar surface area (TPSA) is 106 Å². The number of nitrogens with one attached hydrogen (secondary N) is 1. The summed E-state index contributed by atoms with van der Waals surface area (Å²) in [6, 6.07) is 11.5. The fourth-order valence-corrected chi connectivity index (χ4v) is 2.62. The molecular weight excluding hydrogens is 348 g/mol. The molecule has 0 saturated heterocycles. The number of aromatic nitrogens is 2. The molecule has 0 bridgehead atoms. The molecule has 27 heavy (non-hydrogen) atoms. The summed E-state index contributed by atoms with van der Waals surface area (Å²) < 4.78 is 6.21. The highest BCUT2D eigenvalue weighted by molar-refractivity contribution is 6.04. The molecule has 0 saturated carbocycles. The lowest BCUT2D eigenvalue weighted by atomic mass is 10.1. The van der Waals surface area contributed by atoms with E-state index in [1.807, 2.05) is 0 Å². The number of amides is 1. The Kier molecular flexibility index (Phi) is 5.16. The van der Waals surface area contributed by atoms with Crippen molar-refractivity contribution in [2.24, 2.45) is 5.10 Å². The molecule has 2 aromatic carbocycles. The van der Waals surface area contributed by atoms with Crippen molar-refractivity contribution in [2.75, 3.05) is 7.11 Å². The summed E-state index contributed by atoms with van der Waals surface area (Å²) in [5.41, 5.74) is 2.84. The van der Waals surface area contributed by atoms with Gasteiger partial charge in [-0.15, -0.1) is 0 Å². The van der Waals surface area contributed by atoms with Gasteiger partial charge in [-0.05, 0) is 36.8 Å². The van der Waals surface area contributed by atoms with Crippen molar-refractivity contribution >= 4 is 22.9 Å². The summed E-state index contributed by atoms with van der Waals surface area (Å²) in [6.45, 7) is 2.12. The van der Waals surface area contributed by atoms with Crippen molar-refractivity contribution in [3.63, 3.8) is 0 Å². The van der Waals surface area contributed by atoms with Gasteiger partial charge in [0.05, 0.1) is 18.7 Å². The zero-order chi connectivity index (χ0) is 19.4. The molecule has 8 heteroatoms. The number of phenols is 1. The second kappa shape index (κ2) is 7.69. The predicted octanol–water partition coefficient (Wildman–Crippen LogP) is 1.89. The van der Waals surface area contributed by atoms with Crippen LogP contribution in [0.25, 0.3) is 10.8 Å². The van der Waals surface area contributed by atoms with Crippen molar-refractivity contribution in [1.82, 2.24) is 15.2 Å². The van der Waals surface area contributed by atoms with E-state index in [1.54, 1.807) is 43.3 Å². The van der Waals surface area contributed by atoms with Crippen LogP contribution in [-0.2, 0) is 6.54 Å². The average Bonchev–Trinajstić information content (AvgIpc) is 2.68. The third-order valence-electron chi connectivity index (χ3n) is 3.96. The first kappa shape index (κ1) is 18.1. The van der Waals surface area contributed by atoms with Crippen LogP contribution in [0.5, 0.6) is 11.5 Å². The number of aromatic hydroxyl groups is 1. The van der Waals surface area contributed by atoms with E-state index in [-0.39, 0.29) is 17.0 Å². The Morgan fingerprint density at radius 3 is 2.70 bits per heavy atom. The molecule has 8 nitrogen and oxygen atoms in total. The lowest BCUT2D eigenvalue weighted by Crippen LogP contribution is -2.28. The van der Waals surface area contributed by atoms with E-state index in [0.717, 1.165) is 0 Å². The SMILES string of the molecule is CCn1nc(C(=O)N/N=C/c2ccc(OC)c(O)c2)c2ccccc2c1=O. The van der Waals surface area contributed by atoms with Crippen LogP contribution in [0, 0.1) is 0 Å². The van der Waals surface area contributed by atoms with E-state index in [9.17, 15) is 14.7 Å². The van der Waals surface area contributed by atoms with Gasteiger partial charge in [0.25, 0.3) is 11.5 Å². The summed E-state index contributed by atoms with van der Waals surface area (Å²) in [5, 5.41) is 18.7. The fraction of sp³-hybridized carbons (Fsp3) is 0.158. The highest BCUT2D eigenvalue weighted by Gasteiger charge is 2.15. The minimum atomic E-state index is -0.539. The molecule has 0 aliphatic carbocycles. The number of phenolic OH excluding ortho intramolecular Hbond substituents is 1. The number of benzene rings is 2. The maximum atomic E-state index is 12.5. The van der Waals surface area contributed by atoms with E-state index in [4.69, 9.17) is 4.74 Å². The molecule has 0 radical (unpaired) electrons. The first-order valence-electron chi connectivity index (χ1n) is 8.25. The second-order valence-corrected chi connectivity index (χ2v) is 5.65. The summed E-state index contributed by atoms with van der Waals surface area (Å²) >= 11 is 0. The normalized spacial score (nSPS) is 11.0. The molecule has 138 valence electrons. The van der Waals surface area contributed by atoms with E-state index < -0.39 is 5.91 Å². The van der Waals surface area contributed by atoms with E-state index in [0.29, 0.717) is 28.6 Å². The number of nitrogens with zero attached hydrogens (tertiary/aromatic N) is 3. The summed E-state index contributed by atoms with van der Waals surface area (Å²) in [4.78, 5) is 24.8. The molecule has 0 aliphatic heterocycles. The Balaban J connectivity index is 1.87. The van der Waals surface area contributed by atoms with Crippen LogP contribution in [0.3, 0.4) is 0 Å². The lowest BCUT2D eigenvalue weighted by molar-refractivity contribution is 0.0949. The molecule has 3 aromatic rings. The molecule has 1 heterocycles. The highest BCUT2D eigenvalue weighted by atomic mass is 16.5. The van der Waals surface area contributed by atoms with E-state index >= 15 is 0 Å². The van der Waals surface area contributed by atoms with E-state index in [1.165, 1.54) is 24.1 Å². The van der Waals surface area contributed by atoms with Crippen LogP contribution < -0.4 is 15.7 Å². The van der Waals surface area contributed by atoms with Gasteiger partial charge in [-0.2, -0.15) is 10.2 Å². The van der Waals surface area contributed by atoms with Crippen LogP contribution in [0.1, 0.15) is 23.0 Å². The van der Waals surface area contributed by atoms with Crippen molar-refractivity contribution < 1.29 is 14.6 Å². The Bertz CT molecular complexity index is 1090. The number of hydrogen-bond acceptors (Lipinski definition) is 6. The van der Waals surface area contributed by atoms with Gasteiger partial charge in [0, 0.05) is 11.9 Å². The zero-order valence-corrected chi connectivity index (χ0v) is 14.8. The number of hydrogen-bond donors (Lipinski definition) is 2. The Morgan fingerprint density at radius 2 is 2.04 bits per heavy atom. The second-order valence-electron chi connectivity index (χ2n) is 5.65. The predicted molar refractivity (Wildman–Crippen MR) is 101 cm³/mol. The van der Waals surface area contributed by atoms with Gasteiger partial charge in [-0.25, -0.2) is 10.1 Å². The molecule has 3 rings (SSSR count). The van der Waals surface area contributed by atoms with Gasteiger partial charge in [0.1, 0.15) is 0 Å². The van der Waals surface area contributed by atoms with Gasteiger partial charge in [0.2, 0.25) is 0 Å². The molecule has 0 spiro atoms. The number of methoxy groups -OCH3 is 1. The van der Waals surface area contributed by atoms with Gasteiger partial charge in [-0.1, -0.05) is 18.2 Å². The van der Waals surface area contributed by atoms with Crippen molar-refractivity contribution in [2.45, 2.75) is 13.5 Å². The quantitative estimate of drug-likeness (QED) is 0.530. The molecule has 0 unspecified atom stereocenters. The summed E-state index contributed by atoms with van der Waals surface area (Å²) in [5.74, 6) is -0.230. The Morgan fingerprint density at radius 1 is 1.30 bits per heavy atom. The van der Waals surface area contributed by atoms with Crippen LogP contribution in [0.15, 0.2) is 52.4 Å². The van der Waals surface area contributed by atoms with Gasteiger partial charge in [0.15, 0.2) is 17.2 Å². The van der Waals surface area contributed by atoms with Crippen molar-refractivity contribution in [1.29, 1.82) is 0 Å². The zero-order valence-electron chi connectivity index (χ0n) is 14.8. The van der Waals surface area contributed by atoms with Crippen LogP contribution in [0.2, 0.25) is 0 Å². The van der Waals surface area contributed by atoms with Gasteiger partial charge >= 0.3 is 0 Å². The summed E-state index contributed by atoms with van der Waals surface area (Å²) in [6.07, 6.45) is 1.38. The number of carbonyl (C=O) groups excluding carboxylic acids is 1. The molecule has 1 amide bonds. The largest absolute Gasteiger partial charge is 0.504 e. The number of hydrazone groups is 1. The van der Waals surface area contributed by atoms with Crippen molar-refractivity contribution in [3.05, 3.63) is 64.1 Å². The number of fused-ring (bicyclic) bond motifs is 1. The Hall–Kier alpha value is -3.68. The lowest BCUT2D eigenvalue weighted by Gasteiger charge is -2.08. The number of carbonyl (C=O) groups is 1. The summed E-state index contributed by atoms with van der Waals surface area (Å²) in [7, 11) is 1.45. The molecule has 0 atom stereocenters. The minimum absolute atomic E-state index is 0.0320. The highest BCUT2D eigenvalue weighted by Crippen LogP contribution is 2.25. The molecular formula is C19H18N4O4. The minimum Gasteiger partial charge on any atom is -0.504 e. The first-order chi connectivity index (χ1) is 13.0. The number of aryl methyl sites for hydroxylation is 1. The molecule has 0 fully saturated rings. The monoisotopic (exact) mass is 366 g/mol. The van der Waals surface area contributed by atoms with Crippen LogP contribution >= 0.6 is 0 Å². The third kappa shape index (κ3) is 3.64. The standard InChI is InChI=1S/C19H18N4O4/c1-3-23-19(26)14-7-5-4-6-13(14)17(22-23)18(25)21-20-11-12-8-9-16(27-2)15(24)10-12/h4-11,24H,3H2,1-2H3,(H,21,25)/b20-11+. The number of rotatable bonds is 5. The fourth-order valence-electron chi connectivity index (χ4n) is 2.62. The molecule has 1 aromatic heterocycles. The first-order valence-corrected chi connectivity index (χ1v) is 8.25.